The Hall–Kier alpha value is -2.80. The van der Waals surface area contributed by atoms with Gasteiger partial charge in [-0.1, -0.05) is 12.1 Å². The Labute approximate surface area is 219 Å². The maximum absolute atomic E-state index is 12.6. The predicted molar refractivity (Wildman–Crippen MR) is 136 cm³/mol. The number of nitrogens with zero attached hydrogens (tertiary/aromatic N) is 2. The Balaban J connectivity index is 0.000000521. The van der Waals surface area contributed by atoms with Gasteiger partial charge < -0.3 is 15.0 Å². The number of aryl methyl sites for hydroxylation is 1. The lowest BCUT2D eigenvalue weighted by Gasteiger charge is -2.31. The van der Waals surface area contributed by atoms with Gasteiger partial charge in [-0.3, -0.25) is 14.8 Å². The molecular weight excluding hydrogens is 509 g/mol. The first-order valence-corrected chi connectivity index (χ1v) is 12.4. The van der Waals surface area contributed by atoms with Crippen molar-refractivity contribution in [3.63, 3.8) is 0 Å². The van der Waals surface area contributed by atoms with E-state index in [1.54, 1.807) is 18.5 Å². The van der Waals surface area contributed by atoms with Crippen LogP contribution in [0.2, 0.25) is 0 Å². The van der Waals surface area contributed by atoms with Gasteiger partial charge in [-0.25, -0.2) is 9.79 Å². The summed E-state index contributed by atoms with van der Waals surface area (Å²) in [4.78, 5) is 24.4. The van der Waals surface area contributed by atoms with E-state index in [-0.39, 0.29) is 6.10 Å². The van der Waals surface area contributed by atoms with Crippen LogP contribution < -0.4 is 15.5 Å². The predicted octanol–water partition coefficient (Wildman–Crippen LogP) is 3.98. The molecule has 1 aliphatic rings. The molecule has 0 spiro atoms. The molecule has 3 rings (SSSR count). The van der Waals surface area contributed by atoms with Gasteiger partial charge in [-0.2, -0.15) is 13.2 Å². The molecule has 1 fully saturated rings. The Morgan fingerprint density at radius 2 is 1.84 bits per heavy atom. The Morgan fingerprint density at radius 3 is 2.38 bits per heavy atom. The number of hydroxylamine groups is 1. The van der Waals surface area contributed by atoms with Crippen LogP contribution in [0.15, 0.2) is 47.4 Å². The number of benzene rings is 2. The molecule has 8 nitrogen and oxygen atoms in total. The SMILES string of the molecule is CN(C)CCNC=O.Cc1cccc(SN2CCC(Oc3ccc(C(F)(F)F)cc3)CC2)c1C(=O)NO. The van der Waals surface area contributed by atoms with Crippen LogP contribution in [0, 0.1) is 6.92 Å². The smallest absolute Gasteiger partial charge is 0.416 e. The Kier molecular flexibility index (Phi) is 12.2. The fraction of sp³-hybridized carbons (Fsp3) is 0.440. The number of hydrogen-bond donors (Lipinski definition) is 3. The first-order valence-electron chi connectivity index (χ1n) is 11.7. The van der Waals surface area contributed by atoms with E-state index in [0.717, 1.165) is 35.7 Å². The van der Waals surface area contributed by atoms with Gasteiger partial charge in [0, 0.05) is 31.1 Å². The third-order valence-electron chi connectivity index (χ3n) is 5.46. The van der Waals surface area contributed by atoms with Gasteiger partial charge in [0.15, 0.2) is 0 Å². The quantitative estimate of drug-likeness (QED) is 0.145. The summed E-state index contributed by atoms with van der Waals surface area (Å²) < 4.78 is 45.8. The largest absolute Gasteiger partial charge is 0.490 e. The monoisotopic (exact) mass is 542 g/mol. The Morgan fingerprint density at radius 1 is 1.19 bits per heavy atom. The van der Waals surface area contributed by atoms with Crippen molar-refractivity contribution < 1.29 is 32.7 Å². The van der Waals surface area contributed by atoms with E-state index >= 15 is 0 Å². The first kappa shape index (κ1) is 30.4. The van der Waals surface area contributed by atoms with Crippen molar-refractivity contribution >= 4 is 24.3 Å². The number of likely N-dealkylation sites (N-methyl/N-ethyl adjacent to an activating group) is 1. The van der Waals surface area contributed by atoms with E-state index < -0.39 is 17.6 Å². The van der Waals surface area contributed by atoms with Crippen molar-refractivity contribution in [3.05, 3.63) is 59.2 Å². The van der Waals surface area contributed by atoms with Crippen LogP contribution in [0.3, 0.4) is 0 Å². The highest BCUT2D eigenvalue weighted by Gasteiger charge is 2.30. The molecule has 0 aliphatic carbocycles. The molecule has 0 bridgehead atoms. The molecule has 2 aromatic carbocycles. The van der Waals surface area contributed by atoms with Crippen LogP contribution in [-0.4, -0.2) is 73.1 Å². The fourth-order valence-electron chi connectivity index (χ4n) is 3.51. The highest BCUT2D eigenvalue weighted by molar-refractivity contribution is 7.97. The lowest BCUT2D eigenvalue weighted by molar-refractivity contribution is -0.137. The van der Waals surface area contributed by atoms with Gasteiger partial charge in [0.1, 0.15) is 11.9 Å². The van der Waals surface area contributed by atoms with Crippen molar-refractivity contribution in [2.75, 3.05) is 40.3 Å². The number of amides is 2. The van der Waals surface area contributed by atoms with Gasteiger partial charge in [0.05, 0.1) is 11.1 Å². The highest BCUT2D eigenvalue weighted by Crippen LogP contribution is 2.33. The maximum atomic E-state index is 12.6. The number of rotatable bonds is 9. The first-order chi connectivity index (χ1) is 17.5. The molecule has 0 unspecified atom stereocenters. The van der Waals surface area contributed by atoms with E-state index in [1.165, 1.54) is 24.1 Å². The average Bonchev–Trinajstić information content (AvgIpc) is 2.85. The summed E-state index contributed by atoms with van der Waals surface area (Å²) in [5.41, 5.74) is 2.19. The molecule has 0 radical (unpaired) electrons. The fourth-order valence-corrected chi connectivity index (χ4v) is 4.66. The van der Waals surface area contributed by atoms with Gasteiger partial charge >= 0.3 is 6.18 Å². The number of hydrogen-bond acceptors (Lipinski definition) is 7. The second-order valence-corrected chi connectivity index (χ2v) is 9.76. The number of carbonyl (C=O) groups is 2. The Bertz CT molecular complexity index is 998. The summed E-state index contributed by atoms with van der Waals surface area (Å²) in [6.07, 6.45) is -2.31. The third kappa shape index (κ3) is 10.2. The van der Waals surface area contributed by atoms with Crippen molar-refractivity contribution in [1.29, 1.82) is 0 Å². The number of alkyl halides is 3. The minimum Gasteiger partial charge on any atom is -0.490 e. The molecule has 1 heterocycles. The molecule has 204 valence electrons. The van der Waals surface area contributed by atoms with Crippen LogP contribution >= 0.6 is 11.9 Å². The van der Waals surface area contributed by atoms with Crippen molar-refractivity contribution in [1.82, 2.24) is 20.0 Å². The number of carbonyl (C=O) groups excluding carboxylic acids is 2. The van der Waals surface area contributed by atoms with Crippen LogP contribution in [0.1, 0.15) is 34.3 Å². The zero-order chi connectivity index (χ0) is 27.4. The second kappa shape index (κ2) is 14.8. The minimum atomic E-state index is -4.36. The molecule has 2 aromatic rings. The normalized spacial score (nSPS) is 14.5. The minimum absolute atomic E-state index is 0.0821. The summed E-state index contributed by atoms with van der Waals surface area (Å²) in [6.45, 7) is 4.84. The number of nitrogens with one attached hydrogen (secondary N) is 2. The van der Waals surface area contributed by atoms with E-state index in [0.29, 0.717) is 43.7 Å². The molecule has 2 amide bonds. The maximum Gasteiger partial charge on any atom is 0.416 e. The molecule has 0 saturated carbocycles. The topological polar surface area (TPSA) is 94.1 Å². The average molecular weight is 543 g/mol. The number of piperidine rings is 1. The summed E-state index contributed by atoms with van der Waals surface area (Å²) in [5, 5.41) is 11.5. The van der Waals surface area contributed by atoms with Gasteiger partial charge in [0.2, 0.25) is 6.41 Å². The van der Waals surface area contributed by atoms with Crippen molar-refractivity contribution in [2.24, 2.45) is 0 Å². The van der Waals surface area contributed by atoms with Crippen LogP contribution in [-0.2, 0) is 11.0 Å². The standard InChI is InChI=1S/C20H21F3N2O3S.C5H12N2O/c1-13-3-2-4-17(18(13)19(26)24-27)29-25-11-9-16(10-12-25)28-15-7-5-14(6-8-15)20(21,22)23;1-7(2)4-3-6-5-8/h2-8,16,27H,9-12H2,1H3,(H,24,26);5H,3-4H2,1-2H3,(H,6,8). The van der Waals surface area contributed by atoms with E-state index in [1.807, 2.05) is 31.1 Å². The van der Waals surface area contributed by atoms with Crippen LogP contribution in [0.5, 0.6) is 5.75 Å². The van der Waals surface area contributed by atoms with E-state index in [2.05, 4.69) is 9.62 Å². The summed E-state index contributed by atoms with van der Waals surface area (Å²) in [6, 6.07) is 10.2. The molecule has 1 saturated heterocycles. The lowest BCUT2D eigenvalue weighted by Crippen LogP contribution is -2.34. The van der Waals surface area contributed by atoms with Gasteiger partial charge in [-0.05, 0) is 81.7 Å². The molecule has 0 aromatic heterocycles. The zero-order valence-corrected chi connectivity index (χ0v) is 21.9. The molecular formula is C25H33F3N4O4S. The molecule has 3 N–H and O–H groups in total. The summed E-state index contributed by atoms with van der Waals surface area (Å²) in [5.74, 6) is -0.129. The summed E-state index contributed by atoms with van der Waals surface area (Å²) >= 11 is 1.44. The lowest BCUT2D eigenvalue weighted by atomic mass is 10.1. The molecule has 37 heavy (non-hydrogen) atoms. The molecule has 12 heteroatoms. The van der Waals surface area contributed by atoms with E-state index in [9.17, 15) is 22.8 Å². The molecule has 1 aliphatic heterocycles. The van der Waals surface area contributed by atoms with Crippen LogP contribution in [0.4, 0.5) is 13.2 Å². The van der Waals surface area contributed by atoms with E-state index in [4.69, 9.17) is 9.94 Å². The molecule has 0 atom stereocenters. The van der Waals surface area contributed by atoms with Gasteiger partial charge in [0.25, 0.3) is 5.91 Å². The number of ether oxygens (including phenoxy) is 1. The van der Waals surface area contributed by atoms with Crippen molar-refractivity contribution in [2.45, 2.75) is 36.9 Å². The third-order valence-corrected chi connectivity index (χ3v) is 6.62. The van der Waals surface area contributed by atoms with Crippen molar-refractivity contribution in [3.8, 4) is 5.75 Å². The number of halogens is 3. The van der Waals surface area contributed by atoms with Crippen LogP contribution in [0.25, 0.3) is 0 Å². The second-order valence-electron chi connectivity index (χ2n) is 8.62. The van der Waals surface area contributed by atoms with Gasteiger partial charge in [-0.15, -0.1) is 0 Å². The zero-order valence-electron chi connectivity index (χ0n) is 21.0. The summed E-state index contributed by atoms with van der Waals surface area (Å²) in [7, 11) is 3.93. The highest BCUT2D eigenvalue weighted by atomic mass is 32.2.